The molecule has 1 aliphatic heterocycles. The van der Waals surface area contributed by atoms with E-state index in [1.54, 1.807) is 6.92 Å². The van der Waals surface area contributed by atoms with Gasteiger partial charge in [0.1, 0.15) is 22.8 Å². The number of ketones is 3. The van der Waals surface area contributed by atoms with Crippen LogP contribution in [0.4, 0.5) is 0 Å². The van der Waals surface area contributed by atoms with E-state index in [0.29, 0.717) is 0 Å². The highest BCUT2D eigenvalue weighted by Gasteiger charge is 2.49. The second-order valence-corrected chi connectivity index (χ2v) is 9.95. The smallest absolute Gasteiger partial charge is 0.202 e. The molecule has 5 rings (SSSR count). The summed E-state index contributed by atoms with van der Waals surface area (Å²) >= 11 is 0. The molecule has 0 aromatic heterocycles. The molecule has 6 atom stereocenters. The van der Waals surface area contributed by atoms with Crippen LogP contribution in [-0.4, -0.2) is 73.0 Å². The van der Waals surface area contributed by atoms with Crippen LogP contribution in [0.1, 0.15) is 75.8 Å². The number of nitrogens with two attached hydrogens (primary N) is 1. The number of fused-ring (bicyclic) bond motifs is 3. The predicted molar refractivity (Wildman–Crippen MR) is 125 cm³/mol. The third kappa shape index (κ3) is 3.73. The summed E-state index contributed by atoms with van der Waals surface area (Å²) in [6.45, 7) is 2.76. The lowest BCUT2D eigenvalue weighted by molar-refractivity contribution is -0.247. The molecule has 7 N–H and O–H groups in total. The monoisotopic (exact) mass is 513 g/mol. The van der Waals surface area contributed by atoms with Gasteiger partial charge in [0.05, 0.1) is 35.0 Å². The second-order valence-electron chi connectivity index (χ2n) is 9.95. The van der Waals surface area contributed by atoms with Gasteiger partial charge in [-0.1, -0.05) is 12.1 Å². The van der Waals surface area contributed by atoms with Crippen molar-refractivity contribution in [2.45, 2.75) is 69.4 Å². The Labute approximate surface area is 211 Å². The van der Waals surface area contributed by atoms with E-state index in [9.17, 15) is 39.9 Å². The largest absolute Gasteiger partial charge is 0.507 e. The number of rotatable bonds is 3. The first-order valence-corrected chi connectivity index (χ1v) is 11.9. The Morgan fingerprint density at radius 3 is 2.43 bits per heavy atom. The summed E-state index contributed by atoms with van der Waals surface area (Å²) in [5.41, 5.74) is 2.29. The third-order valence-electron chi connectivity index (χ3n) is 7.59. The van der Waals surface area contributed by atoms with Gasteiger partial charge < -0.3 is 40.7 Å². The maximum absolute atomic E-state index is 13.4. The molecular weight excluding hydrogens is 486 g/mol. The first kappa shape index (κ1) is 25.3. The molecule has 1 fully saturated rings. The Bertz CT molecular complexity index is 1340. The normalized spacial score (nSPS) is 30.9. The van der Waals surface area contributed by atoms with Gasteiger partial charge in [0.25, 0.3) is 0 Å². The summed E-state index contributed by atoms with van der Waals surface area (Å²) in [7, 11) is 0. The van der Waals surface area contributed by atoms with E-state index in [1.807, 2.05) is 0 Å². The number of aliphatic hydroxyl groups excluding tert-OH is 1. The Hall–Kier alpha value is -3.35. The molecule has 3 aliphatic rings. The van der Waals surface area contributed by atoms with E-state index in [4.69, 9.17) is 15.2 Å². The number of carbonyl (C=O) groups excluding carboxylic acids is 3. The van der Waals surface area contributed by atoms with Crippen LogP contribution >= 0.6 is 0 Å². The number of hydrogen-bond acceptors (Lipinski definition) is 11. The van der Waals surface area contributed by atoms with Gasteiger partial charge in [0.2, 0.25) is 5.78 Å². The van der Waals surface area contributed by atoms with E-state index in [2.05, 4.69) is 0 Å². The average molecular weight is 513 g/mol. The SMILES string of the molecule is CC(=O)[C@]1(O)Cc2c(O)c3c(c(O)c2[C@@H](O[C@@H]2C[C@H](N)[C@@H](O)[C@H](C)O2)C1)C(=O)c1c(O)cccc1C3=O. The number of hydrogen-bond donors (Lipinski definition) is 6. The van der Waals surface area contributed by atoms with Crippen molar-refractivity contribution in [3.63, 3.8) is 0 Å². The van der Waals surface area contributed by atoms with E-state index < -0.39 is 88.4 Å². The number of phenols is 3. The molecule has 1 saturated heterocycles. The molecule has 2 aromatic carbocycles. The Morgan fingerprint density at radius 2 is 1.78 bits per heavy atom. The molecule has 2 aliphatic carbocycles. The zero-order valence-electron chi connectivity index (χ0n) is 20.1. The fraction of sp³-hybridized carbons (Fsp3) is 0.423. The number of aromatic hydroxyl groups is 3. The minimum atomic E-state index is -2.02. The van der Waals surface area contributed by atoms with Gasteiger partial charge in [0.15, 0.2) is 17.9 Å². The van der Waals surface area contributed by atoms with Crippen molar-refractivity contribution < 1.29 is 49.4 Å². The van der Waals surface area contributed by atoms with E-state index >= 15 is 0 Å². The van der Waals surface area contributed by atoms with Crippen LogP contribution in [-0.2, 0) is 20.7 Å². The third-order valence-corrected chi connectivity index (χ3v) is 7.59. The lowest BCUT2D eigenvalue weighted by Gasteiger charge is -2.42. The van der Waals surface area contributed by atoms with E-state index in [-0.39, 0.29) is 35.1 Å². The molecule has 196 valence electrons. The van der Waals surface area contributed by atoms with Crippen molar-refractivity contribution in [2.75, 3.05) is 0 Å². The molecule has 2 aromatic rings. The van der Waals surface area contributed by atoms with Crippen molar-refractivity contribution >= 4 is 17.3 Å². The number of ether oxygens (including phenoxy) is 2. The van der Waals surface area contributed by atoms with E-state index in [1.165, 1.54) is 18.2 Å². The second kappa shape index (κ2) is 8.61. The molecule has 0 radical (unpaired) electrons. The molecule has 0 spiro atoms. The summed E-state index contributed by atoms with van der Waals surface area (Å²) in [4.78, 5) is 39.1. The van der Waals surface area contributed by atoms with E-state index in [0.717, 1.165) is 6.92 Å². The molecule has 1 heterocycles. The fourth-order valence-corrected chi connectivity index (χ4v) is 5.50. The van der Waals surface area contributed by atoms with Crippen LogP contribution in [0.2, 0.25) is 0 Å². The summed E-state index contributed by atoms with van der Waals surface area (Å²) in [6.07, 6.45) is -4.68. The molecule has 0 bridgehead atoms. The van der Waals surface area contributed by atoms with Crippen LogP contribution in [0.5, 0.6) is 17.2 Å². The van der Waals surface area contributed by atoms with Crippen molar-refractivity contribution in [3.8, 4) is 17.2 Å². The summed E-state index contributed by atoms with van der Waals surface area (Å²) in [6, 6.07) is 3.20. The molecular formula is C26H27NO10. The highest BCUT2D eigenvalue weighted by Crippen LogP contribution is 2.52. The lowest BCUT2D eigenvalue weighted by Crippen LogP contribution is -2.52. The number of aliphatic hydroxyl groups is 2. The maximum atomic E-state index is 13.4. The summed E-state index contributed by atoms with van der Waals surface area (Å²) in [5, 5.41) is 54.1. The quantitative estimate of drug-likeness (QED) is 0.270. The molecule has 11 heteroatoms. The van der Waals surface area contributed by atoms with Gasteiger partial charge in [-0.15, -0.1) is 0 Å². The van der Waals surface area contributed by atoms with Crippen molar-refractivity contribution in [1.82, 2.24) is 0 Å². The van der Waals surface area contributed by atoms with Gasteiger partial charge in [-0.2, -0.15) is 0 Å². The minimum Gasteiger partial charge on any atom is -0.507 e. The molecule has 0 saturated carbocycles. The average Bonchev–Trinajstić information content (AvgIpc) is 2.82. The predicted octanol–water partition coefficient (Wildman–Crippen LogP) is 0.726. The van der Waals surface area contributed by atoms with Crippen LogP contribution in [0.25, 0.3) is 0 Å². The number of phenolic OH excluding ortho intramolecular Hbond substituents is 3. The Morgan fingerprint density at radius 1 is 1.11 bits per heavy atom. The van der Waals surface area contributed by atoms with Crippen molar-refractivity contribution in [3.05, 3.63) is 51.6 Å². The van der Waals surface area contributed by atoms with Gasteiger partial charge in [0, 0.05) is 42.0 Å². The van der Waals surface area contributed by atoms with Crippen LogP contribution in [0, 0.1) is 0 Å². The van der Waals surface area contributed by atoms with Gasteiger partial charge in [-0.05, 0) is 19.9 Å². The highest BCUT2D eigenvalue weighted by atomic mass is 16.7. The first-order valence-electron chi connectivity index (χ1n) is 11.9. The van der Waals surface area contributed by atoms with Gasteiger partial charge in [-0.25, -0.2) is 0 Å². The van der Waals surface area contributed by atoms with Crippen molar-refractivity contribution in [1.29, 1.82) is 0 Å². The molecule has 0 unspecified atom stereocenters. The summed E-state index contributed by atoms with van der Waals surface area (Å²) < 4.78 is 11.7. The van der Waals surface area contributed by atoms with Crippen LogP contribution < -0.4 is 5.73 Å². The summed E-state index contributed by atoms with van der Waals surface area (Å²) in [5.74, 6) is -4.13. The standard InChI is InChI=1S/C26H27NO10/c1-9-21(30)13(27)6-16(36-9)37-15-8-26(35,10(2)28)7-12-18(15)25(34)20-19(23(12)32)22(31)11-4-3-5-14(29)17(11)24(20)33/h3-5,9,13,15-16,21,29-30,32,34-35H,6-8,27H2,1-2H3/t9-,13-,15-,16+,21-,26-/m0/s1. The maximum Gasteiger partial charge on any atom is 0.202 e. The topological polar surface area (TPSA) is 197 Å². The van der Waals surface area contributed by atoms with Crippen LogP contribution in [0.3, 0.4) is 0 Å². The zero-order valence-corrected chi connectivity index (χ0v) is 20.1. The van der Waals surface area contributed by atoms with Gasteiger partial charge in [-0.3, -0.25) is 14.4 Å². The Balaban J connectivity index is 1.68. The number of carbonyl (C=O) groups is 3. The molecule has 37 heavy (non-hydrogen) atoms. The highest BCUT2D eigenvalue weighted by molar-refractivity contribution is 6.31. The fourth-order valence-electron chi connectivity index (χ4n) is 5.50. The van der Waals surface area contributed by atoms with Crippen LogP contribution in [0.15, 0.2) is 18.2 Å². The first-order chi connectivity index (χ1) is 17.4. The minimum absolute atomic E-state index is 0.0478. The number of Topliss-reactive ketones (excluding diaryl/α,β-unsaturated/α-hetero) is 1. The molecule has 0 amide bonds. The number of benzene rings is 2. The zero-order chi connectivity index (χ0) is 27.0. The Kier molecular flexibility index (Phi) is 5.89. The molecule has 11 nitrogen and oxygen atoms in total. The van der Waals surface area contributed by atoms with Gasteiger partial charge >= 0.3 is 0 Å². The lowest BCUT2D eigenvalue weighted by atomic mass is 9.72. The van der Waals surface area contributed by atoms with Crippen molar-refractivity contribution in [2.24, 2.45) is 5.73 Å².